The maximum Gasteiger partial charge on any atom is 0.358 e. The van der Waals surface area contributed by atoms with Crippen LogP contribution in [0.25, 0.3) is 0 Å². The van der Waals surface area contributed by atoms with E-state index in [1.807, 2.05) is 45.9 Å². The summed E-state index contributed by atoms with van der Waals surface area (Å²) in [6.45, 7) is 19.3. The molecular formula is C35H50N2O6SSi. The second kappa shape index (κ2) is 14.9. The molecule has 0 radical (unpaired) electrons. The third-order valence-electron chi connectivity index (χ3n) is 8.05. The predicted molar refractivity (Wildman–Crippen MR) is 183 cm³/mol. The molecule has 1 aromatic heterocycles. The first kappa shape index (κ1) is 36.3. The van der Waals surface area contributed by atoms with Gasteiger partial charge in [0.05, 0.1) is 32.2 Å². The first-order chi connectivity index (χ1) is 21.0. The average molecular weight is 655 g/mol. The number of hydrogen-bond donors (Lipinski definition) is 0. The monoisotopic (exact) mass is 654 g/mol. The largest absolute Gasteiger partial charge is 0.496 e. The molecule has 3 rings (SSSR count). The Balaban J connectivity index is 1.98. The predicted octanol–water partition coefficient (Wildman–Crippen LogP) is 8.22. The van der Waals surface area contributed by atoms with Crippen molar-refractivity contribution in [3.05, 3.63) is 74.7 Å². The van der Waals surface area contributed by atoms with Crippen LogP contribution in [0.15, 0.2) is 42.5 Å². The highest BCUT2D eigenvalue weighted by Gasteiger charge is 2.38. The summed E-state index contributed by atoms with van der Waals surface area (Å²) in [5.41, 5.74) is 2.05. The number of benzene rings is 2. The lowest BCUT2D eigenvalue weighted by atomic mass is 10.1. The van der Waals surface area contributed by atoms with Crippen molar-refractivity contribution in [2.24, 2.45) is 0 Å². The minimum atomic E-state index is -2.11. The van der Waals surface area contributed by atoms with Gasteiger partial charge in [0.2, 0.25) is 0 Å². The Kier molecular flexibility index (Phi) is 12.0. The summed E-state index contributed by atoms with van der Waals surface area (Å²) in [7, 11) is 1.05. The number of aromatic nitrogens is 1. The quantitative estimate of drug-likeness (QED) is 0.136. The van der Waals surface area contributed by atoms with Crippen molar-refractivity contribution in [2.75, 3.05) is 20.8 Å². The number of rotatable bonds is 13. The van der Waals surface area contributed by atoms with Gasteiger partial charge < -0.3 is 23.5 Å². The Morgan fingerprint density at radius 1 is 0.956 bits per heavy atom. The second-order valence-electron chi connectivity index (χ2n) is 13.8. The third kappa shape index (κ3) is 9.89. The Morgan fingerprint density at radius 3 is 2.09 bits per heavy atom. The van der Waals surface area contributed by atoms with Crippen molar-refractivity contribution < 1.29 is 28.2 Å². The molecule has 0 atom stereocenters. The summed E-state index contributed by atoms with van der Waals surface area (Å²) in [6.07, 6.45) is 1.57. The Hall–Kier alpha value is -3.21. The zero-order valence-electron chi connectivity index (χ0n) is 28.8. The van der Waals surface area contributed by atoms with Crippen molar-refractivity contribution in [3.63, 3.8) is 0 Å². The molecule has 246 valence electrons. The standard InChI is InChI=1S/C35H50N2O6SSi/c1-24-27(40-8)20-26(21-28(24)41-9)32(38)37(19-15-18-25-16-13-12-14-17-25)22-30-36-31(33(39)43-34(2,3)4)29(44-30)23-42-45(10,11)35(5,6)7/h12-14,16-17,20-21H,15,18-19,22-23H2,1-11H3. The van der Waals surface area contributed by atoms with Gasteiger partial charge in [-0.15, -0.1) is 11.3 Å². The van der Waals surface area contributed by atoms with Crippen LogP contribution < -0.4 is 9.47 Å². The van der Waals surface area contributed by atoms with Crippen LogP contribution in [0.4, 0.5) is 0 Å². The normalized spacial score (nSPS) is 12.2. The molecule has 8 nitrogen and oxygen atoms in total. The van der Waals surface area contributed by atoms with E-state index in [0.717, 1.165) is 18.4 Å². The average Bonchev–Trinajstić information content (AvgIpc) is 3.37. The van der Waals surface area contributed by atoms with Gasteiger partial charge in [-0.3, -0.25) is 4.79 Å². The lowest BCUT2D eigenvalue weighted by Crippen LogP contribution is -2.40. The summed E-state index contributed by atoms with van der Waals surface area (Å²) >= 11 is 1.40. The van der Waals surface area contributed by atoms with E-state index in [0.29, 0.717) is 33.5 Å². The third-order valence-corrected chi connectivity index (χ3v) is 13.5. The Bertz CT molecular complexity index is 1430. The summed E-state index contributed by atoms with van der Waals surface area (Å²) in [5, 5.41) is 0.647. The number of amides is 1. The van der Waals surface area contributed by atoms with Gasteiger partial charge in [-0.1, -0.05) is 51.1 Å². The smallest absolute Gasteiger partial charge is 0.358 e. The van der Waals surface area contributed by atoms with Gasteiger partial charge in [0.15, 0.2) is 14.0 Å². The lowest BCUT2D eigenvalue weighted by Gasteiger charge is -2.36. The topological polar surface area (TPSA) is 87.2 Å². The van der Waals surface area contributed by atoms with Crippen molar-refractivity contribution in [1.29, 1.82) is 0 Å². The molecule has 10 heteroatoms. The molecule has 1 heterocycles. The number of thiazole rings is 1. The van der Waals surface area contributed by atoms with Crippen LogP contribution in [0.1, 0.15) is 89.8 Å². The molecule has 0 spiro atoms. The maximum absolute atomic E-state index is 14.1. The first-order valence-electron chi connectivity index (χ1n) is 15.4. The highest BCUT2D eigenvalue weighted by atomic mass is 32.1. The van der Waals surface area contributed by atoms with Crippen molar-refractivity contribution in [2.45, 2.75) is 98.2 Å². The zero-order chi connectivity index (χ0) is 33.6. The highest BCUT2D eigenvalue weighted by Crippen LogP contribution is 2.38. The van der Waals surface area contributed by atoms with Gasteiger partial charge >= 0.3 is 5.97 Å². The molecule has 0 N–H and O–H groups in total. The molecule has 3 aromatic rings. The SMILES string of the molecule is COc1cc(C(=O)N(CCCc2ccccc2)Cc2nc(C(=O)OC(C)(C)C)c(CO[Si](C)(C)C(C)(C)C)s2)cc(OC)c1C. The fourth-order valence-corrected chi connectivity index (χ4v) is 6.47. The van der Waals surface area contributed by atoms with Gasteiger partial charge in [0.25, 0.3) is 5.91 Å². The van der Waals surface area contributed by atoms with Gasteiger partial charge in [-0.25, -0.2) is 9.78 Å². The fourth-order valence-electron chi connectivity index (χ4n) is 4.44. The first-order valence-corrected chi connectivity index (χ1v) is 19.1. The van der Waals surface area contributed by atoms with Gasteiger partial charge in [0.1, 0.15) is 22.1 Å². The van der Waals surface area contributed by atoms with E-state index in [2.05, 4.69) is 46.0 Å². The van der Waals surface area contributed by atoms with Gasteiger partial charge in [-0.05, 0) is 76.4 Å². The molecule has 45 heavy (non-hydrogen) atoms. The van der Waals surface area contributed by atoms with Crippen LogP contribution in [0.5, 0.6) is 11.5 Å². The summed E-state index contributed by atoms with van der Waals surface area (Å²) < 4.78 is 23.3. The lowest BCUT2D eigenvalue weighted by molar-refractivity contribution is 0.00607. The van der Waals surface area contributed by atoms with E-state index in [1.54, 1.807) is 31.3 Å². The van der Waals surface area contributed by atoms with E-state index in [4.69, 9.17) is 23.6 Å². The summed E-state index contributed by atoms with van der Waals surface area (Å²) in [6, 6.07) is 13.7. The van der Waals surface area contributed by atoms with Crippen LogP contribution in [0.3, 0.4) is 0 Å². The van der Waals surface area contributed by atoms with Gasteiger partial charge in [0, 0.05) is 17.7 Å². The van der Waals surface area contributed by atoms with Crippen LogP contribution in [0.2, 0.25) is 18.1 Å². The highest BCUT2D eigenvalue weighted by molar-refractivity contribution is 7.11. The zero-order valence-corrected chi connectivity index (χ0v) is 30.6. The maximum atomic E-state index is 14.1. The van der Waals surface area contributed by atoms with E-state index in [1.165, 1.54) is 16.9 Å². The number of hydrogen-bond acceptors (Lipinski definition) is 8. The minimum Gasteiger partial charge on any atom is -0.496 e. The number of carbonyl (C=O) groups is 2. The molecule has 0 aliphatic heterocycles. The molecule has 0 unspecified atom stereocenters. The molecule has 0 bridgehead atoms. The Morgan fingerprint density at radius 2 is 1.56 bits per heavy atom. The molecule has 0 saturated carbocycles. The van der Waals surface area contributed by atoms with Crippen LogP contribution in [-0.2, 0) is 28.7 Å². The molecule has 0 saturated heterocycles. The molecular weight excluding hydrogens is 605 g/mol. The second-order valence-corrected chi connectivity index (χ2v) is 19.7. The van der Waals surface area contributed by atoms with Crippen molar-refractivity contribution >= 4 is 31.5 Å². The summed E-state index contributed by atoms with van der Waals surface area (Å²) in [4.78, 5) is 34.7. The van der Waals surface area contributed by atoms with E-state index < -0.39 is 19.9 Å². The number of aryl methyl sites for hydroxylation is 1. The van der Waals surface area contributed by atoms with E-state index >= 15 is 0 Å². The van der Waals surface area contributed by atoms with Gasteiger partial charge in [-0.2, -0.15) is 0 Å². The number of nitrogens with zero attached hydrogens (tertiary/aromatic N) is 2. The molecule has 0 aliphatic carbocycles. The molecule has 0 fully saturated rings. The Labute approximate surface area is 274 Å². The molecule has 2 aromatic carbocycles. The van der Waals surface area contributed by atoms with Crippen LogP contribution in [-0.4, -0.2) is 56.4 Å². The minimum absolute atomic E-state index is 0.00469. The van der Waals surface area contributed by atoms with Crippen LogP contribution in [0, 0.1) is 6.92 Å². The fraction of sp³-hybridized carbons (Fsp3) is 0.514. The molecule has 0 aliphatic rings. The number of carbonyl (C=O) groups excluding carboxylic acids is 2. The van der Waals surface area contributed by atoms with Crippen molar-refractivity contribution in [1.82, 2.24) is 9.88 Å². The number of methoxy groups -OCH3 is 2. The number of esters is 1. The van der Waals surface area contributed by atoms with Crippen molar-refractivity contribution in [3.8, 4) is 11.5 Å². The summed E-state index contributed by atoms with van der Waals surface area (Å²) in [5.74, 6) is 0.489. The van der Waals surface area contributed by atoms with E-state index in [9.17, 15) is 9.59 Å². The molecule has 1 amide bonds. The number of ether oxygens (including phenoxy) is 3. The van der Waals surface area contributed by atoms with Crippen LogP contribution >= 0.6 is 11.3 Å². The van der Waals surface area contributed by atoms with E-state index in [-0.39, 0.29) is 29.8 Å².